The lowest BCUT2D eigenvalue weighted by Gasteiger charge is -2.39. The fraction of sp³-hybridized carbons (Fsp3) is 0.333. The Bertz CT molecular complexity index is 1760. The van der Waals surface area contributed by atoms with Gasteiger partial charge in [0.2, 0.25) is 11.8 Å². The molecule has 0 radical (unpaired) electrons. The molecule has 1 amide bonds. The van der Waals surface area contributed by atoms with Gasteiger partial charge in [-0.25, -0.2) is 4.98 Å². The van der Waals surface area contributed by atoms with Gasteiger partial charge in [0, 0.05) is 46.5 Å². The van der Waals surface area contributed by atoms with Crippen molar-refractivity contribution >= 4 is 23.3 Å². The summed E-state index contributed by atoms with van der Waals surface area (Å²) in [7, 11) is 0. The molecule has 6 heterocycles. The summed E-state index contributed by atoms with van der Waals surface area (Å²) >= 11 is 0. The van der Waals surface area contributed by atoms with E-state index in [1.807, 2.05) is 41.6 Å². The summed E-state index contributed by atoms with van der Waals surface area (Å²) in [5.41, 5.74) is 19.3. The smallest absolute Gasteiger partial charge is 0.292 e. The van der Waals surface area contributed by atoms with Gasteiger partial charge in [0.25, 0.3) is 5.91 Å². The molecule has 5 N–H and O–H groups in total. The molecular formula is C30H30N10O. The van der Waals surface area contributed by atoms with Crippen LogP contribution in [0, 0.1) is 0 Å². The Kier molecular flexibility index (Phi) is 5.34. The molecule has 206 valence electrons. The van der Waals surface area contributed by atoms with Crippen molar-refractivity contribution in [3.05, 3.63) is 71.9 Å². The number of rotatable bonds is 5. The zero-order valence-corrected chi connectivity index (χ0v) is 22.4. The highest BCUT2D eigenvalue weighted by Crippen LogP contribution is 2.50. The average molecular weight is 547 g/mol. The Morgan fingerprint density at radius 2 is 1.66 bits per heavy atom. The van der Waals surface area contributed by atoms with Crippen LogP contribution < -0.4 is 11.5 Å². The Balaban J connectivity index is 1.15. The maximum Gasteiger partial charge on any atom is 0.292 e. The fourth-order valence-corrected chi connectivity index (χ4v) is 6.91. The van der Waals surface area contributed by atoms with E-state index in [0.29, 0.717) is 11.7 Å². The lowest BCUT2D eigenvalue weighted by Crippen LogP contribution is -2.46. The van der Waals surface area contributed by atoms with Crippen LogP contribution in [-0.2, 0) is 0 Å². The predicted molar refractivity (Wildman–Crippen MR) is 154 cm³/mol. The van der Waals surface area contributed by atoms with Crippen molar-refractivity contribution in [1.82, 2.24) is 39.7 Å². The van der Waals surface area contributed by atoms with Crippen molar-refractivity contribution in [3.8, 4) is 22.4 Å². The molecule has 3 fully saturated rings. The number of fused-ring (bicyclic) bond motifs is 3. The summed E-state index contributed by atoms with van der Waals surface area (Å²) < 4.78 is 1.79. The molecule has 3 aliphatic rings. The summed E-state index contributed by atoms with van der Waals surface area (Å²) in [5.74, 6) is 1.53. The van der Waals surface area contributed by atoms with Gasteiger partial charge in [-0.15, -0.1) is 10.2 Å². The van der Waals surface area contributed by atoms with E-state index < -0.39 is 0 Å². The largest absolute Gasteiger partial charge is 0.383 e. The van der Waals surface area contributed by atoms with E-state index in [9.17, 15) is 4.79 Å². The number of benzene rings is 1. The summed E-state index contributed by atoms with van der Waals surface area (Å²) in [5, 5.41) is 12.4. The number of nitrogen functional groups attached to an aromatic ring is 2. The average Bonchev–Trinajstić information content (AvgIpc) is 3.49. The molecule has 11 heteroatoms. The van der Waals surface area contributed by atoms with E-state index >= 15 is 0 Å². The highest BCUT2D eigenvalue weighted by atomic mass is 16.2. The molecule has 8 rings (SSSR count). The van der Waals surface area contributed by atoms with E-state index in [0.717, 1.165) is 77.8 Å². The lowest BCUT2D eigenvalue weighted by atomic mass is 9.85. The second kappa shape index (κ2) is 9.12. The fourth-order valence-electron chi connectivity index (χ4n) is 6.91. The minimum absolute atomic E-state index is 0.114. The van der Waals surface area contributed by atoms with Crippen molar-refractivity contribution in [2.24, 2.45) is 0 Å². The number of nitrogens with zero attached hydrogens (tertiary/aromatic N) is 7. The van der Waals surface area contributed by atoms with Crippen LogP contribution in [-0.4, -0.2) is 57.7 Å². The predicted octanol–water partition coefficient (Wildman–Crippen LogP) is 4.17. The van der Waals surface area contributed by atoms with Gasteiger partial charge in [-0.05, 0) is 50.5 Å². The summed E-state index contributed by atoms with van der Waals surface area (Å²) in [4.78, 5) is 28.1. The third kappa shape index (κ3) is 3.94. The maximum atomic E-state index is 13.3. The van der Waals surface area contributed by atoms with Crippen molar-refractivity contribution in [2.45, 2.75) is 62.4 Å². The van der Waals surface area contributed by atoms with Crippen LogP contribution in [0.15, 0.2) is 54.9 Å². The first-order valence-electron chi connectivity index (χ1n) is 14.2. The molecule has 2 bridgehead atoms. The highest BCUT2D eigenvalue weighted by molar-refractivity contribution is 5.91. The molecule has 2 saturated heterocycles. The zero-order chi connectivity index (χ0) is 27.7. The van der Waals surface area contributed by atoms with Crippen molar-refractivity contribution in [1.29, 1.82) is 0 Å². The Hall–Kier alpha value is -4.80. The van der Waals surface area contributed by atoms with Crippen LogP contribution >= 0.6 is 0 Å². The summed E-state index contributed by atoms with van der Waals surface area (Å²) in [6, 6.07) is 14.5. The van der Waals surface area contributed by atoms with Gasteiger partial charge in [-0.3, -0.25) is 9.78 Å². The second-order valence-corrected chi connectivity index (χ2v) is 11.5. The Morgan fingerprint density at radius 1 is 0.878 bits per heavy atom. The lowest BCUT2D eigenvalue weighted by molar-refractivity contribution is 0.0557. The minimum Gasteiger partial charge on any atom is -0.383 e. The third-order valence-corrected chi connectivity index (χ3v) is 8.94. The number of aromatic amines is 1. The number of aromatic nitrogens is 7. The maximum absolute atomic E-state index is 13.3. The standard InChI is InChI=1S/C30H30N10O/c31-26-24(17-6-7-17)25(19-12-20-9-10-21(13-19)39(20)29(41)27-36-30(32)38-37-27)35-28-22(15-34-40(26)28)18-8-11-23(33-14-18)16-4-2-1-3-5-16/h1-5,8,11,14-15,17,19-21H,6-7,9-10,12-13,31H2,(H3,32,36,37,38). The van der Waals surface area contributed by atoms with Crippen molar-refractivity contribution in [2.75, 3.05) is 11.5 Å². The van der Waals surface area contributed by atoms with Gasteiger partial charge in [-0.1, -0.05) is 36.4 Å². The second-order valence-electron chi connectivity index (χ2n) is 11.5. The van der Waals surface area contributed by atoms with Crippen LogP contribution in [0.4, 0.5) is 11.8 Å². The van der Waals surface area contributed by atoms with Gasteiger partial charge >= 0.3 is 0 Å². The van der Waals surface area contributed by atoms with Crippen LogP contribution in [0.2, 0.25) is 0 Å². The van der Waals surface area contributed by atoms with Crippen LogP contribution in [0.1, 0.15) is 72.2 Å². The van der Waals surface area contributed by atoms with Crippen molar-refractivity contribution in [3.63, 3.8) is 0 Å². The molecule has 1 aliphatic carbocycles. The summed E-state index contributed by atoms with van der Waals surface area (Å²) in [6.07, 6.45) is 9.55. The number of amides is 1. The van der Waals surface area contributed by atoms with E-state index in [-0.39, 0.29) is 35.7 Å². The number of hydrogen-bond acceptors (Lipinski definition) is 8. The zero-order valence-electron chi connectivity index (χ0n) is 22.4. The first-order valence-corrected chi connectivity index (χ1v) is 14.2. The number of nitrogens with two attached hydrogens (primary N) is 2. The first kappa shape index (κ1) is 24.0. The molecule has 4 aromatic heterocycles. The molecule has 41 heavy (non-hydrogen) atoms. The van der Waals surface area contributed by atoms with Gasteiger partial charge in [0.1, 0.15) is 5.82 Å². The van der Waals surface area contributed by atoms with Gasteiger partial charge in [0.15, 0.2) is 5.65 Å². The number of hydrogen-bond donors (Lipinski definition) is 3. The van der Waals surface area contributed by atoms with E-state index in [1.54, 1.807) is 4.52 Å². The number of anilines is 2. The molecule has 1 aromatic carbocycles. The number of piperidine rings is 1. The van der Waals surface area contributed by atoms with Gasteiger partial charge in [0.05, 0.1) is 17.6 Å². The molecule has 5 aromatic rings. The number of carbonyl (C=O) groups is 1. The van der Waals surface area contributed by atoms with Crippen LogP contribution in [0.25, 0.3) is 28.0 Å². The van der Waals surface area contributed by atoms with Gasteiger partial charge in [-0.2, -0.15) is 9.61 Å². The molecular weight excluding hydrogens is 516 g/mol. The molecule has 2 aliphatic heterocycles. The molecule has 0 spiro atoms. The van der Waals surface area contributed by atoms with Crippen LogP contribution in [0.5, 0.6) is 0 Å². The SMILES string of the molecule is Nc1nnc(C(=O)N2C3CCC2CC(c2nc4c(-c5ccc(-c6ccccc6)nc5)cnn4c(N)c2C2CC2)C3)[nH]1. The number of H-pyrrole nitrogens is 1. The number of nitrogens with one attached hydrogen (secondary N) is 1. The number of pyridine rings is 1. The topological polar surface area (TPSA) is 157 Å². The van der Waals surface area contributed by atoms with Crippen molar-refractivity contribution < 1.29 is 4.79 Å². The first-order chi connectivity index (χ1) is 20.0. The van der Waals surface area contributed by atoms with E-state index in [1.165, 1.54) is 0 Å². The quantitative estimate of drug-likeness (QED) is 0.296. The summed E-state index contributed by atoms with van der Waals surface area (Å²) in [6.45, 7) is 0. The third-order valence-electron chi connectivity index (χ3n) is 8.94. The number of carbonyl (C=O) groups excluding carboxylic acids is 1. The highest BCUT2D eigenvalue weighted by Gasteiger charge is 2.46. The van der Waals surface area contributed by atoms with E-state index in [4.69, 9.17) is 21.4 Å². The molecule has 1 saturated carbocycles. The van der Waals surface area contributed by atoms with E-state index in [2.05, 4.69) is 38.5 Å². The monoisotopic (exact) mass is 546 g/mol. The Labute approximate surface area is 236 Å². The molecule has 2 atom stereocenters. The van der Waals surface area contributed by atoms with Gasteiger partial charge < -0.3 is 21.4 Å². The molecule has 11 nitrogen and oxygen atoms in total. The normalized spacial score (nSPS) is 22.0. The minimum atomic E-state index is -0.130. The molecule has 2 unspecified atom stereocenters. The Morgan fingerprint density at radius 3 is 2.32 bits per heavy atom. The van der Waals surface area contributed by atoms with Crippen LogP contribution in [0.3, 0.4) is 0 Å².